The fourth-order valence-electron chi connectivity index (χ4n) is 11.3. The van der Waals surface area contributed by atoms with Gasteiger partial charge in [-0.05, 0) is 266 Å². The van der Waals surface area contributed by atoms with Crippen LogP contribution in [-0.2, 0) is 117 Å². The Hall–Kier alpha value is -9.60. The number of esters is 6. The Morgan fingerprint density at radius 2 is 0.667 bits per heavy atom. The highest BCUT2D eigenvalue weighted by atomic mass is 35.5. The number of nitrogens with one attached hydrogen (secondary N) is 6. The van der Waals surface area contributed by atoms with E-state index < -0.39 is 354 Å². The van der Waals surface area contributed by atoms with E-state index in [9.17, 15) is 106 Å². The summed E-state index contributed by atoms with van der Waals surface area (Å²) in [6.45, 7) is 7.55. The molecule has 6 aromatic carbocycles. The van der Waals surface area contributed by atoms with Gasteiger partial charge in [0.15, 0.2) is 4.24 Å². The average molecular weight is 2210 g/mol. The van der Waals surface area contributed by atoms with Crippen LogP contribution in [-0.4, -0.2) is 157 Å². The highest BCUT2D eigenvalue weighted by Crippen LogP contribution is 2.39. The minimum atomic E-state index is -5.84. The normalized spacial score (nSPS) is 27.1. The summed E-state index contributed by atoms with van der Waals surface area (Å²) >= 11 is 34.7. The van der Waals surface area contributed by atoms with E-state index in [2.05, 4.69) is 14.2 Å². The molecule has 0 amide bonds. The molecule has 0 radical (unpaired) electrons. The van der Waals surface area contributed by atoms with Crippen LogP contribution < -0.4 is 28.3 Å². The quantitative estimate of drug-likeness (QED) is 0.0139. The minimum absolute atomic E-state index is 0.0136. The summed E-state index contributed by atoms with van der Waals surface area (Å²) in [4.78, 5) is 73.7. The Bertz CT molecular complexity index is 8280. The maximum Gasteiger partial charge on any atom is 0.335 e. The van der Waals surface area contributed by atoms with Gasteiger partial charge in [-0.25, -0.2) is 106 Å². The van der Waals surface area contributed by atoms with Crippen molar-refractivity contribution >= 4 is 200 Å². The van der Waals surface area contributed by atoms with Crippen molar-refractivity contribution in [2.45, 2.75) is 188 Å². The number of rotatable bonds is 30. The summed E-state index contributed by atoms with van der Waals surface area (Å²) in [7, 11) is -30.2. The first kappa shape index (κ1) is 71.8. The van der Waals surface area contributed by atoms with Crippen LogP contribution in [0.25, 0.3) is 0 Å². The molecule has 0 spiro atoms. The predicted molar refractivity (Wildman–Crippen MR) is 518 cm³/mol. The predicted octanol–water partition coefficient (Wildman–Crippen LogP) is 19.6. The first-order valence-corrected chi connectivity index (χ1v) is 50.6. The van der Waals surface area contributed by atoms with Crippen molar-refractivity contribution in [2.75, 3.05) is 68.0 Å². The number of anilines is 6. The van der Waals surface area contributed by atoms with E-state index >= 15 is 0 Å². The lowest BCUT2D eigenvalue weighted by molar-refractivity contribution is -0.139. The first-order valence-electron chi connectivity index (χ1n) is 57.3. The lowest BCUT2D eigenvalue weighted by Crippen LogP contribution is -2.34. The first-order chi connectivity index (χ1) is 79.3. The zero-order valence-electron chi connectivity index (χ0n) is 108. The number of benzene rings is 6. The van der Waals surface area contributed by atoms with Gasteiger partial charge in [0.1, 0.15) is 66.3 Å². The third kappa shape index (κ3) is 33.8. The molecule has 0 unspecified atom stereocenters. The molecule has 0 saturated carbocycles. The Kier molecular flexibility index (Phi) is 28.0. The summed E-state index contributed by atoms with van der Waals surface area (Å²) in [5.41, 5.74) is -8.95. The topological polar surface area (TPSA) is 435 Å². The smallest absolute Gasteiger partial charge is 0.335 e. The van der Waals surface area contributed by atoms with E-state index in [1.807, 2.05) is 0 Å². The number of allylic oxidation sites excluding steroid dienone is 6. The van der Waals surface area contributed by atoms with Crippen LogP contribution in [0, 0.1) is 34.9 Å². The molecule has 0 fully saturated rings. The van der Waals surface area contributed by atoms with Gasteiger partial charge < -0.3 is 28.4 Å². The molecular weight excluding hydrogens is 2070 g/mol. The molecule has 0 saturated heterocycles. The fourth-order valence-corrected chi connectivity index (χ4v) is 20.6. The Balaban J connectivity index is 0.000000281. The summed E-state index contributed by atoms with van der Waals surface area (Å²) in [6, 6.07) is -6.16. The number of hydrogen-bond acceptors (Lipinski definition) is 24. The van der Waals surface area contributed by atoms with Crippen molar-refractivity contribution < 1.29 is 184 Å². The zero-order valence-corrected chi connectivity index (χ0v) is 81.3. The molecule has 48 heteroatoms. The summed E-state index contributed by atoms with van der Waals surface area (Å²) in [5, 5.41) is -19.7. The molecule has 756 valence electrons. The van der Waals surface area contributed by atoms with E-state index in [1.165, 1.54) is 44.6 Å². The lowest BCUT2D eigenvalue weighted by atomic mass is 9.99. The van der Waals surface area contributed by atoms with Crippen LogP contribution in [0.5, 0.6) is 0 Å². The summed E-state index contributed by atoms with van der Waals surface area (Å²) in [5.74, 6) is -14.2. The van der Waals surface area contributed by atoms with Crippen molar-refractivity contribution in [1.29, 1.82) is 0 Å². The Morgan fingerprint density at radius 1 is 0.341 bits per heavy atom. The van der Waals surface area contributed by atoms with Gasteiger partial charge >= 0.3 is 35.8 Å². The van der Waals surface area contributed by atoms with Crippen LogP contribution in [0.2, 0.25) is 34.4 Å². The van der Waals surface area contributed by atoms with E-state index in [-0.39, 0.29) is 122 Å². The third-order valence-corrected chi connectivity index (χ3v) is 27.8. The van der Waals surface area contributed by atoms with E-state index in [4.69, 9.17) is 133 Å². The van der Waals surface area contributed by atoms with Gasteiger partial charge in [-0.1, -0.05) is 106 Å². The lowest BCUT2D eigenvalue weighted by Gasteiger charge is -2.24. The minimum Gasteiger partial charge on any atom is -0.463 e. The SMILES string of the molecule is [2H]C1=C(C(=O)OCC)[C@H](S(=O)(=O)Nc2c([2H])c([2H])c(F)c([2H])c2Cl)C([2H])([2H])C([2H])([2H])C1([2H])[2H].[2H]C1=C(C(=O)OCC)[C@]([2H])(S(=O)(=O)Nc2c([2H])c([2H])c(F)c([2H])c2Cl)C([2H])([2H])C([2H])([2H])C1.[2H]C1=C(C(=O)OCC)[C@]([2H])(S(=O)(=O)Nc2c([2H])c([2H])c(F)c([2H])c2Cl)C([2H])([2H])C([2H])([2H])C1([2H])[2H].[2H]N(c1ccc(F)cc1Cl)S(=O)(=O)[C@@H]1CCC([2H])([2H])C=C1C(=O)OCC.[2H]N(c1ccc(F)cc1Cl)S(=O)(=O)[C@@H]1CCCC=C1C(=O)OCC.[2H]N(c1ccc(F)cc1Cl)S(=O)(=O)[C@]1([2H])CCCC=C1C(=O)OCC. The van der Waals surface area contributed by atoms with Crippen LogP contribution >= 0.6 is 69.6 Å². The monoisotopic (exact) mass is 2200 g/mol. The van der Waals surface area contributed by atoms with Crippen LogP contribution in [0.1, 0.15) is 202 Å². The van der Waals surface area contributed by atoms with Crippen molar-refractivity contribution in [3.8, 4) is 0 Å². The Labute approximate surface area is 878 Å². The molecule has 0 aromatic heterocycles. The van der Waals surface area contributed by atoms with Gasteiger partial charge in [0.25, 0.3) is 0 Å². The molecule has 6 aliphatic carbocycles. The average Bonchev–Trinajstić information content (AvgIpc) is 0.705. The third-order valence-electron chi connectivity index (χ3n) is 17.1. The molecule has 12 rings (SSSR count). The van der Waals surface area contributed by atoms with Crippen molar-refractivity contribution in [3.63, 3.8) is 0 Å². The second kappa shape index (κ2) is 53.9. The van der Waals surface area contributed by atoms with Gasteiger partial charge in [0.05, 0.1) is 158 Å². The fraction of sp³-hybridized carbons (Fsp3) is 0.400. The number of carbonyl (C=O) groups is 6. The maximum absolute atomic E-state index is 13.9. The molecule has 6 N–H and O–H groups in total. The number of hydrogen-bond donors (Lipinski definition) is 6. The highest BCUT2D eigenvalue weighted by Gasteiger charge is 2.42. The highest BCUT2D eigenvalue weighted by molar-refractivity contribution is 7.95. The standard InChI is InChI=1S/6C15H17ClFNO4S/c6*1-2-22-15(19)11-5-3-4-6-14(11)23(20,21)18-13-8-7-10(17)9-12(13)16/h6*5,7-9,14,18H,2-4,6H2,1H3/t6*14-/m111111/s1/i3D2,4D2,5D,6D2,7D,8D,9D,14D;4D2,5D,6D2,7D,8D,9D,14D;3D2,4D2,5D,6D2,7D,8D,9D;14D;3D2;/hD3. The van der Waals surface area contributed by atoms with Gasteiger partial charge in [0.2, 0.25) is 60.1 Å². The van der Waals surface area contributed by atoms with Crippen molar-refractivity contribution in [1.82, 2.24) is 0 Å². The van der Waals surface area contributed by atoms with Crippen molar-refractivity contribution in [2.24, 2.45) is 0 Å². The Morgan fingerprint density at radius 3 is 1.07 bits per heavy atom. The van der Waals surface area contributed by atoms with E-state index in [1.54, 1.807) is 23.3 Å². The number of halogens is 12. The zero-order chi connectivity index (χ0) is 134. The van der Waals surface area contributed by atoms with E-state index in [0.717, 1.165) is 60.7 Å². The van der Waals surface area contributed by atoms with Crippen molar-refractivity contribution in [3.05, 3.63) is 244 Å². The molecular formula is C90H102Cl6F6N6O24S6. The number of ether oxygens (including phenoxy) is 6. The second-order valence-electron chi connectivity index (χ2n) is 26.6. The van der Waals surface area contributed by atoms with Gasteiger partial charge in [0, 0.05) is 24.7 Å². The van der Waals surface area contributed by atoms with Crippen LogP contribution in [0.3, 0.4) is 0 Å². The van der Waals surface area contributed by atoms with Crippen LogP contribution in [0.4, 0.5) is 60.5 Å². The molecule has 138 heavy (non-hydrogen) atoms. The molecule has 0 heterocycles. The van der Waals surface area contributed by atoms with Crippen LogP contribution in [0.15, 0.2) is 179 Å². The summed E-state index contributed by atoms with van der Waals surface area (Å²) < 4.78 is 556. The number of sulfonamides is 6. The van der Waals surface area contributed by atoms with Gasteiger partial charge in [-0.3, -0.25) is 28.3 Å². The van der Waals surface area contributed by atoms with Gasteiger partial charge in [-0.2, -0.15) is 0 Å². The molecule has 0 aliphatic heterocycles. The molecule has 6 aromatic rings. The van der Waals surface area contributed by atoms with Gasteiger partial charge in [-0.15, -0.1) is 0 Å². The second-order valence-corrected chi connectivity index (χ2v) is 39.1. The maximum atomic E-state index is 13.9. The van der Waals surface area contributed by atoms with E-state index in [0.29, 0.717) is 25.7 Å². The largest absolute Gasteiger partial charge is 0.463 e. The molecule has 6 aliphatic rings. The number of carbonyl (C=O) groups excluding carboxylic acids is 6. The molecule has 6 atom stereocenters. The summed E-state index contributed by atoms with van der Waals surface area (Å²) in [6.07, 6.45) is -26.7. The molecule has 30 nitrogen and oxygen atoms in total. The molecule has 0 bridgehead atoms.